The first-order chi connectivity index (χ1) is 8.29. The van der Waals surface area contributed by atoms with Crippen LogP contribution in [-0.2, 0) is 19.3 Å². The van der Waals surface area contributed by atoms with Gasteiger partial charge >= 0.3 is 0 Å². The van der Waals surface area contributed by atoms with Crippen LogP contribution in [0.1, 0.15) is 16.7 Å². The van der Waals surface area contributed by atoms with Gasteiger partial charge in [-0.15, -0.1) is 0 Å². The van der Waals surface area contributed by atoms with E-state index >= 15 is 0 Å². The van der Waals surface area contributed by atoms with Crippen molar-refractivity contribution in [3.05, 3.63) is 78.0 Å². The van der Waals surface area contributed by atoms with E-state index in [2.05, 4.69) is 25.1 Å². The van der Waals surface area contributed by atoms with Crippen LogP contribution in [0.2, 0.25) is 0 Å². The summed E-state index contributed by atoms with van der Waals surface area (Å²) in [6, 6.07) is 15.1. The first kappa shape index (κ1) is 11.8. The zero-order chi connectivity index (χ0) is 12.1. The Kier molecular flexibility index (Phi) is 3.92. The van der Waals surface area contributed by atoms with Crippen LogP contribution in [0.3, 0.4) is 0 Å². The molecular weight excluding hydrogens is 211 g/mol. The van der Waals surface area contributed by atoms with Crippen LogP contribution >= 0.6 is 0 Å². The number of aryl methyl sites for hydroxylation is 2. The maximum Gasteiger partial charge on any atom is 0.123 e. The highest BCUT2D eigenvalue weighted by Crippen LogP contribution is 2.13. The third-order valence-electron chi connectivity index (χ3n) is 2.98. The minimum Gasteiger partial charge on any atom is -0.207 e. The van der Waals surface area contributed by atoms with Gasteiger partial charge in [0.15, 0.2) is 0 Å². The fourth-order valence-electron chi connectivity index (χ4n) is 1.98. The average molecular weight is 227 g/mol. The predicted octanol–water partition coefficient (Wildman–Crippen LogP) is 3.99. The number of hydrogen-bond acceptors (Lipinski definition) is 0. The van der Waals surface area contributed by atoms with Gasteiger partial charge in [0.2, 0.25) is 0 Å². The zero-order valence-electron chi connectivity index (χ0n) is 9.83. The Morgan fingerprint density at radius 2 is 1.47 bits per heavy atom. The van der Waals surface area contributed by atoms with Crippen molar-refractivity contribution in [3.8, 4) is 0 Å². The van der Waals surface area contributed by atoms with Crippen LogP contribution in [0.5, 0.6) is 0 Å². The summed E-state index contributed by atoms with van der Waals surface area (Å²) < 4.78 is 12.8. The SMILES string of the molecule is [CH2]Cc1ccccc1CCc1ccc(F)cc1. The molecule has 0 aliphatic carbocycles. The molecule has 0 amide bonds. The smallest absolute Gasteiger partial charge is 0.123 e. The van der Waals surface area contributed by atoms with Gasteiger partial charge in [-0.2, -0.15) is 0 Å². The van der Waals surface area contributed by atoms with Crippen molar-refractivity contribution in [2.24, 2.45) is 0 Å². The molecule has 0 bridgehead atoms. The third-order valence-corrected chi connectivity index (χ3v) is 2.98. The molecule has 2 rings (SSSR count). The molecule has 17 heavy (non-hydrogen) atoms. The summed E-state index contributed by atoms with van der Waals surface area (Å²) in [4.78, 5) is 0. The summed E-state index contributed by atoms with van der Waals surface area (Å²) in [5.41, 5.74) is 3.81. The fourth-order valence-corrected chi connectivity index (χ4v) is 1.98. The maximum atomic E-state index is 12.8. The van der Waals surface area contributed by atoms with Crippen LogP contribution in [0, 0.1) is 12.7 Å². The van der Waals surface area contributed by atoms with E-state index in [9.17, 15) is 4.39 Å². The van der Waals surface area contributed by atoms with Gasteiger partial charge in [0.25, 0.3) is 0 Å². The summed E-state index contributed by atoms with van der Waals surface area (Å²) in [5, 5.41) is 0. The lowest BCUT2D eigenvalue weighted by Crippen LogP contribution is -1.96. The molecule has 0 aromatic heterocycles. The molecule has 0 unspecified atom stereocenters. The van der Waals surface area contributed by atoms with Crippen molar-refractivity contribution < 1.29 is 4.39 Å². The first-order valence-corrected chi connectivity index (χ1v) is 5.90. The lowest BCUT2D eigenvalue weighted by Gasteiger charge is -2.07. The van der Waals surface area contributed by atoms with Gasteiger partial charge in [-0.25, -0.2) is 4.39 Å². The molecule has 0 aliphatic heterocycles. The highest BCUT2D eigenvalue weighted by Gasteiger charge is 2.00. The standard InChI is InChI=1S/C16H16F/c1-2-14-5-3-4-6-15(14)10-7-13-8-11-16(17)12-9-13/h3-6,8-9,11-12H,1-2,7,10H2. The largest absolute Gasteiger partial charge is 0.207 e. The summed E-state index contributed by atoms with van der Waals surface area (Å²) in [7, 11) is 0. The van der Waals surface area contributed by atoms with Gasteiger partial charge in [0.1, 0.15) is 5.82 Å². The summed E-state index contributed by atoms with van der Waals surface area (Å²) in [6.45, 7) is 3.93. The molecule has 1 radical (unpaired) electrons. The van der Waals surface area contributed by atoms with Crippen LogP contribution in [0.4, 0.5) is 4.39 Å². The van der Waals surface area contributed by atoms with E-state index in [1.807, 2.05) is 18.2 Å². The quantitative estimate of drug-likeness (QED) is 0.741. The molecule has 0 saturated heterocycles. The number of benzene rings is 2. The second-order valence-corrected chi connectivity index (χ2v) is 4.15. The first-order valence-electron chi connectivity index (χ1n) is 5.90. The maximum absolute atomic E-state index is 12.8. The molecule has 2 aromatic rings. The van der Waals surface area contributed by atoms with Gasteiger partial charge in [-0.1, -0.05) is 36.4 Å². The molecule has 0 N–H and O–H groups in total. The lowest BCUT2D eigenvalue weighted by atomic mass is 9.98. The van der Waals surface area contributed by atoms with E-state index < -0.39 is 0 Å². The van der Waals surface area contributed by atoms with E-state index in [4.69, 9.17) is 0 Å². The summed E-state index contributed by atoms with van der Waals surface area (Å²) in [5.74, 6) is -0.174. The van der Waals surface area contributed by atoms with Gasteiger partial charge in [0, 0.05) is 0 Å². The van der Waals surface area contributed by atoms with Crippen molar-refractivity contribution in [2.45, 2.75) is 19.3 Å². The van der Waals surface area contributed by atoms with Gasteiger partial charge in [-0.3, -0.25) is 0 Å². The van der Waals surface area contributed by atoms with Crippen LogP contribution in [0.25, 0.3) is 0 Å². The van der Waals surface area contributed by atoms with Gasteiger partial charge in [-0.05, 0) is 55.0 Å². The summed E-state index contributed by atoms with van der Waals surface area (Å²) in [6.07, 6.45) is 2.74. The molecular formula is C16H16F. The van der Waals surface area contributed by atoms with Crippen LogP contribution in [0.15, 0.2) is 48.5 Å². The minimum absolute atomic E-state index is 0.174. The van der Waals surface area contributed by atoms with Gasteiger partial charge < -0.3 is 0 Å². The normalized spacial score (nSPS) is 10.5. The number of hydrogen-bond donors (Lipinski definition) is 0. The Balaban J connectivity index is 2.04. The molecule has 0 atom stereocenters. The molecule has 0 heterocycles. The highest BCUT2D eigenvalue weighted by molar-refractivity contribution is 5.29. The molecule has 0 spiro atoms. The molecule has 0 saturated carbocycles. The van der Waals surface area contributed by atoms with Gasteiger partial charge in [0.05, 0.1) is 0 Å². The van der Waals surface area contributed by atoms with Crippen LogP contribution in [-0.4, -0.2) is 0 Å². The Hall–Kier alpha value is -1.63. The monoisotopic (exact) mass is 227 g/mol. The predicted molar refractivity (Wildman–Crippen MR) is 69.3 cm³/mol. The average Bonchev–Trinajstić information content (AvgIpc) is 2.38. The Bertz CT molecular complexity index is 471. The zero-order valence-corrected chi connectivity index (χ0v) is 9.83. The third kappa shape index (κ3) is 3.16. The van der Waals surface area contributed by atoms with Crippen molar-refractivity contribution >= 4 is 0 Å². The van der Waals surface area contributed by atoms with Crippen LogP contribution < -0.4 is 0 Å². The Labute approximate surface area is 102 Å². The number of halogens is 1. The molecule has 2 aromatic carbocycles. The molecule has 0 fully saturated rings. The van der Waals surface area contributed by atoms with Crippen molar-refractivity contribution in [3.63, 3.8) is 0 Å². The van der Waals surface area contributed by atoms with E-state index in [0.29, 0.717) is 0 Å². The second-order valence-electron chi connectivity index (χ2n) is 4.15. The minimum atomic E-state index is -0.174. The lowest BCUT2D eigenvalue weighted by molar-refractivity contribution is 0.627. The number of rotatable bonds is 4. The molecule has 1 heteroatoms. The van der Waals surface area contributed by atoms with E-state index in [-0.39, 0.29) is 5.82 Å². The molecule has 87 valence electrons. The second kappa shape index (κ2) is 5.62. The van der Waals surface area contributed by atoms with Crippen molar-refractivity contribution in [1.82, 2.24) is 0 Å². The molecule has 0 nitrogen and oxygen atoms in total. The van der Waals surface area contributed by atoms with Crippen molar-refractivity contribution in [1.29, 1.82) is 0 Å². The molecule has 0 aliphatic rings. The van der Waals surface area contributed by atoms with E-state index in [1.165, 1.54) is 28.8 Å². The van der Waals surface area contributed by atoms with E-state index in [1.54, 1.807) is 0 Å². The van der Waals surface area contributed by atoms with E-state index in [0.717, 1.165) is 19.3 Å². The topological polar surface area (TPSA) is 0 Å². The summed E-state index contributed by atoms with van der Waals surface area (Å²) >= 11 is 0. The van der Waals surface area contributed by atoms with Crippen molar-refractivity contribution in [2.75, 3.05) is 0 Å². The fraction of sp³-hybridized carbons (Fsp3) is 0.188. The highest BCUT2D eigenvalue weighted by atomic mass is 19.1. The Morgan fingerprint density at radius 3 is 2.12 bits per heavy atom. The Morgan fingerprint density at radius 1 is 0.824 bits per heavy atom.